The monoisotopic (exact) mass is 377 g/mol. The molecule has 3 aromatic rings. The summed E-state index contributed by atoms with van der Waals surface area (Å²) in [5, 5.41) is 0. The van der Waals surface area contributed by atoms with Gasteiger partial charge < -0.3 is 19.8 Å². The second kappa shape index (κ2) is 7.86. The van der Waals surface area contributed by atoms with Crippen LogP contribution in [0.5, 0.6) is 11.5 Å². The molecule has 0 saturated heterocycles. The van der Waals surface area contributed by atoms with Crippen molar-refractivity contribution in [1.82, 2.24) is 9.55 Å². The first-order chi connectivity index (χ1) is 13.7. The molecule has 2 atom stereocenters. The molecule has 4 rings (SSSR count). The fourth-order valence-electron chi connectivity index (χ4n) is 3.60. The van der Waals surface area contributed by atoms with Crippen LogP contribution in [0.2, 0.25) is 0 Å². The van der Waals surface area contributed by atoms with Crippen molar-refractivity contribution in [2.45, 2.75) is 24.9 Å². The average molecular weight is 377 g/mol. The molecular weight excluding hydrogens is 354 g/mol. The van der Waals surface area contributed by atoms with Crippen molar-refractivity contribution in [1.29, 1.82) is 0 Å². The van der Waals surface area contributed by atoms with Gasteiger partial charge in [-0.25, -0.2) is 4.98 Å². The van der Waals surface area contributed by atoms with Crippen molar-refractivity contribution in [3.8, 4) is 17.2 Å². The molecule has 1 aliphatic rings. The molecule has 1 aliphatic carbocycles. The van der Waals surface area contributed by atoms with Crippen LogP contribution < -0.4 is 10.5 Å². The molecule has 28 heavy (non-hydrogen) atoms. The first-order valence-electron chi connectivity index (χ1n) is 9.44. The van der Waals surface area contributed by atoms with Gasteiger partial charge in [0.1, 0.15) is 17.2 Å². The van der Waals surface area contributed by atoms with Crippen molar-refractivity contribution in [2.75, 3.05) is 6.54 Å². The van der Waals surface area contributed by atoms with Gasteiger partial charge in [0.25, 0.3) is 6.47 Å². The van der Waals surface area contributed by atoms with Crippen molar-refractivity contribution in [2.24, 2.45) is 11.7 Å². The Hall–Kier alpha value is -3.12. The number of nitrogens with zero attached hydrogens (tertiary/aromatic N) is 2. The Bertz CT molecular complexity index is 924. The number of carbonyl (C=O) groups excluding carboxylic acids is 1. The molecule has 0 spiro atoms. The van der Waals surface area contributed by atoms with E-state index >= 15 is 0 Å². The summed E-state index contributed by atoms with van der Waals surface area (Å²) in [7, 11) is 0. The summed E-state index contributed by atoms with van der Waals surface area (Å²) < 4.78 is 13.2. The summed E-state index contributed by atoms with van der Waals surface area (Å²) in [6.45, 7) is 1.16. The number of benzene rings is 2. The normalized spacial score (nSPS) is 20.5. The van der Waals surface area contributed by atoms with Crippen LogP contribution in [0, 0.1) is 5.92 Å². The average Bonchev–Trinajstić information content (AvgIpc) is 3.19. The number of para-hydroxylation sites is 1. The Morgan fingerprint density at radius 2 is 1.89 bits per heavy atom. The van der Waals surface area contributed by atoms with Crippen LogP contribution in [0.4, 0.5) is 0 Å². The van der Waals surface area contributed by atoms with E-state index in [1.165, 1.54) is 0 Å². The fourth-order valence-corrected chi connectivity index (χ4v) is 3.60. The molecule has 0 radical (unpaired) electrons. The van der Waals surface area contributed by atoms with Crippen LogP contribution in [-0.4, -0.2) is 22.6 Å². The maximum Gasteiger partial charge on any atom is 0.294 e. The number of imidazole rings is 1. The third-order valence-corrected chi connectivity index (χ3v) is 5.19. The predicted molar refractivity (Wildman–Crippen MR) is 105 cm³/mol. The maximum atomic E-state index is 11.0. The molecule has 2 N–H and O–H groups in total. The van der Waals surface area contributed by atoms with Crippen molar-refractivity contribution in [3.05, 3.63) is 72.8 Å². The largest absolute Gasteiger partial charge is 0.457 e. The van der Waals surface area contributed by atoms with Gasteiger partial charge in [0.2, 0.25) is 0 Å². The summed E-state index contributed by atoms with van der Waals surface area (Å²) in [6, 6.07) is 17.4. The highest BCUT2D eigenvalue weighted by Crippen LogP contribution is 2.56. The minimum absolute atomic E-state index is 0.284. The van der Waals surface area contributed by atoms with E-state index in [1.807, 2.05) is 65.4 Å². The van der Waals surface area contributed by atoms with Gasteiger partial charge >= 0.3 is 0 Å². The molecule has 0 amide bonds. The number of rotatable bonds is 9. The zero-order valence-corrected chi connectivity index (χ0v) is 15.5. The van der Waals surface area contributed by atoms with Gasteiger partial charge in [-0.15, -0.1) is 0 Å². The Labute approximate surface area is 163 Å². The van der Waals surface area contributed by atoms with Crippen LogP contribution in [0.3, 0.4) is 0 Å². The van der Waals surface area contributed by atoms with E-state index < -0.39 is 5.60 Å². The number of hydrogen-bond donors (Lipinski definition) is 1. The highest BCUT2D eigenvalue weighted by Gasteiger charge is 2.59. The fraction of sp³-hybridized carbons (Fsp3) is 0.273. The number of hydrogen-bond acceptors (Lipinski definition) is 5. The lowest BCUT2D eigenvalue weighted by molar-refractivity contribution is -0.137. The molecule has 1 aromatic heterocycles. The van der Waals surface area contributed by atoms with E-state index in [2.05, 4.69) is 4.98 Å². The topological polar surface area (TPSA) is 79.4 Å². The lowest BCUT2D eigenvalue weighted by Gasteiger charge is -2.13. The van der Waals surface area contributed by atoms with Gasteiger partial charge in [-0.05, 0) is 55.8 Å². The minimum atomic E-state index is -0.599. The summed E-state index contributed by atoms with van der Waals surface area (Å²) in [5.41, 5.74) is 6.75. The van der Waals surface area contributed by atoms with Crippen LogP contribution in [-0.2, 0) is 15.1 Å². The van der Waals surface area contributed by atoms with E-state index in [0.717, 1.165) is 42.1 Å². The predicted octanol–water partition coefficient (Wildman–Crippen LogP) is 3.79. The molecule has 0 bridgehead atoms. The van der Waals surface area contributed by atoms with E-state index in [0.29, 0.717) is 13.0 Å². The molecule has 1 saturated carbocycles. The van der Waals surface area contributed by atoms with Crippen molar-refractivity contribution < 1.29 is 14.3 Å². The van der Waals surface area contributed by atoms with Crippen molar-refractivity contribution >= 4 is 6.47 Å². The molecule has 2 unspecified atom stereocenters. The number of nitrogens with two attached hydrogens (primary N) is 1. The first-order valence-corrected chi connectivity index (χ1v) is 9.44. The summed E-state index contributed by atoms with van der Waals surface area (Å²) in [5.74, 6) is 1.84. The Kier molecular flexibility index (Phi) is 5.12. The Balaban J connectivity index is 1.49. The molecule has 6 nitrogen and oxygen atoms in total. The maximum absolute atomic E-state index is 11.0. The van der Waals surface area contributed by atoms with E-state index in [9.17, 15) is 4.79 Å². The highest BCUT2D eigenvalue weighted by atomic mass is 16.5. The molecular formula is C22H23N3O3. The first kappa shape index (κ1) is 18.3. The molecule has 1 heterocycles. The second-order valence-corrected chi connectivity index (χ2v) is 7.01. The number of aromatic nitrogens is 2. The standard InChI is InChI=1S/C22H23N3O3/c23-12-4-5-17-13-22(17,27-16-26)21-14-25(15-24-21)18-8-10-20(11-9-18)28-19-6-2-1-3-7-19/h1-3,6-11,14-17H,4-5,12-13,23H2. The van der Waals surface area contributed by atoms with Gasteiger partial charge in [0.05, 0.1) is 6.33 Å². The zero-order chi connectivity index (χ0) is 19.4. The van der Waals surface area contributed by atoms with E-state index in [4.69, 9.17) is 15.2 Å². The van der Waals surface area contributed by atoms with Gasteiger partial charge in [-0.2, -0.15) is 0 Å². The summed E-state index contributed by atoms with van der Waals surface area (Å²) >= 11 is 0. The summed E-state index contributed by atoms with van der Waals surface area (Å²) in [4.78, 5) is 15.5. The lowest BCUT2D eigenvalue weighted by atomic mass is 10.1. The quantitative estimate of drug-likeness (QED) is 0.574. The van der Waals surface area contributed by atoms with Gasteiger partial charge in [0, 0.05) is 24.2 Å². The molecule has 2 aromatic carbocycles. The van der Waals surface area contributed by atoms with Gasteiger partial charge in [-0.3, -0.25) is 4.79 Å². The Morgan fingerprint density at radius 1 is 1.14 bits per heavy atom. The molecule has 6 heteroatoms. The SMILES string of the molecule is NCCCC1CC1(OC=O)c1cn(-c2ccc(Oc3ccccc3)cc2)cn1. The van der Waals surface area contributed by atoms with E-state index in [1.54, 1.807) is 6.33 Å². The van der Waals surface area contributed by atoms with Crippen molar-refractivity contribution in [3.63, 3.8) is 0 Å². The second-order valence-electron chi connectivity index (χ2n) is 7.01. The molecule has 1 fully saturated rings. The molecule has 144 valence electrons. The molecule has 0 aliphatic heterocycles. The third-order valence-electron chi connectivity index (χ3n) is 5.19. The summed E-state index contributed by atoms with van der Waals surface area (Å²) in [6.07, 6.45) is 6.32. The van der Waals surface area contributed by atoms with Crippen LogP contribution >= 0.6 is 0 Å². The van der Waals surface area contributed by atoms with Crippen LogP contribution in [0.25, 0.3) is 5.69 Å². The van der Waals surface area contributed by atoms with E-state index in [-0.39, 0.29) is 5.92 Å². The number of carbonyl (C=O) groups is 1. The lowest BCUT2D eigenvalue weighted by Crippen LogP contribution is -2.15. The van der Waals surface area contributed by atoms with Crippen LogP contribution in [0.1, 0.15) is 25.0 Å². The zero-order valence-electron chi connectivity index (χ0n) is 15.5. The van der Waals surface area contributed by atoms with Gasteiger partial charge in [0.15, 0.2) is 5.60 Å². The van der Waals surface area contributed by atoms with Crippen LogP contribution in [0.15, 0.2) is 67.1 Å². The highest BCUT2D eigenvalue weighted by molar-refractivity contribution is 5.43. The third kappa shape index (κ3) is 3.64. The number of ether oxygens (including phenoxy) is 2. The Morgan fingerprint density at radius 3 is 2.61 bits per heavy atom. The minimum Gasteiger partial charge on any atom is -0.457 e. The van der Waals surface area contributed by atoms with Gasteiger partial charge in [-0.1, -0.05) is 18.2 Å². The smallest absolute Gasteiger partial charge is 0.294 e.